The van der Waals surface area contributed by atoms with Crippen molar-refractivity contribution >= 4 is 12.0 Å². The highest BCUT2D eigenvalue weighted by molar-refractivity contribution is 5.81. The Kier molecular flexibility index (Phi) is 3.06. The van der Waals surface area contributed by atoms with Gasteiger partial charge >= 0.3 is 18.2 Å². The molecule has 0 bridgehead atoms. The quantitative estimate of drug-likeness (QED) is 0.716. The second-order valence-electron chi connectivity index (χ2n) is 3.13. The van der Waals surface area contributed by atoms with Crippen molar-refractivity contribution < 1.29 is 27.9 Å². The Bertz CT molecular complexity index is 279. The molecular weight excluding hydrogens is 217 g/mol. The van der Waals surface area contributed by atoms with E-state index < -0.39 is 24.2 Å². The van der Waals surface area contributed by atoms with E-state index >= 15 is 0 Å². The molecule has 1 fully saturated rings. The van der Waals surface area contributed by atoms with Crippen molar-refractivity contribution in [1.29, 1.82) is 0 Å². The lowest BCUT2D eigenvalue weighted by Crippen LogP contribution is -2.56. The van der Waals surface area contributed by atoms with Crippen molar-refractivity contribution in [2.24, 2.45) is 0 Å². The van der Waals surface area contributed by atoms with Gasteiger partial charge in [-0.2, -0.15) is 13.2 Å². The number of likely N-dealkylation sites (tertiary alicyclic amines) is 1. The Hall–Kier alpha value is -1.47. The third-order valence-electron chi connectivity index (χ3n) is 2.15. The zero-order valence-corrected chi connectivity index (χ0v) is 7.54. The molecule has 1 heterocycles. The first kappa shape index (κ1) is 11.6. The predicted molar refractivity (Wildman–Crippen MR) is 42.2 cm³/mol. The molecule has 1 aliphatic heterocycles. The molecule has 0 aliphatic carbocycles. The van der Waals surface area contributed by atoms with Crippen LogP contribution in [0.4, 0.5) is 18.0 Å². The van der Waals surface area contributed by atoms with Crippen LogP contribution in [0.15, 0.2) is 0 Å². The van der Waals surface area contributed by atoms with Crippen LogP contribution in [0.2, 0.25) is 0 Å². The Morgan fingerprint density at radius 3 is 2.40 bits per heavy atom. The number of alkyl halides is 3. The molecule has 5 nitrogen and oxygen atoms in total. The summed E-state index contributed by atoms with van der Waals surface area (Å²) in [5.74, 6) is -2.04. The van der Waals surface area contributed by atoms with Crippen LogP contribution in [0, 0.1) is 0 Å². The fourth-order valence-electron chi connectivity index (χ4n) is 1.22. The lowest BCUT2D eigenvalue weighted by Gasteiger charge is -2.38. The summed E-state index contributed by atoms with van der Waals surface area (Å²) < 4.78 is 35.2. The number of nitrogens with one attached hydrogen (secondary N) is 1. The second kappa shape index (κ2) is 3.95. The first-order valence-electron chi connectivity index (χ1n) is 4.17. The minimum Gasteiger partial charge on any atom is -0.465 e. The van der Waals surface area contributed by atoms with Gasteiger partial charge in [0.15, 0.2) is 0 Å². The van der Waals surface area contributed by atoms with E-state index in [1.165, 1.54) is 0 Å². The average Bonchev–Trinajstić information content (AvgIpc) is 1.98. The molecule has 15 heavy (non-hydrogen) atoms. The van der Waals surface area contributed by atoms with Crippen LogP contribution in [0.25, 0.3) is 0 Å². The average molecular weight is 226 g/mol. The monoisotopic (exact) mass is 226 g/mol. The molecule has 2 N–H and O–H groups in total. The number of hydrogen-bond acceptors (Lipinski definition) is 2. The molecule has 0 aromatic carbocycles. The predicted octanol–water partition coefficient (Wildman–Crippen LogP) is 0.417. The molecule has 0 spiro atoms. The molecule has 0 saturated carbocycles. The molecule has 1 atom stereocenters. The first-order chi connectivity index (χ1) is 6.82. The van der Waals surface area contributed by atoms with Crippen molar-refractivity contribution in [3.8, 4) is 0 Å². The highest BCUT2D eigenvalue weighted by Crippen LogP contribution is 2.18. The molecule has 86 valence electrons. The molecule has 2 amide bonds. The summed E-state index contributed by atoms with van der Waals surface area (Å²) in [7, 11) is 0. The number of hydrogen-bond donors (Lipinski definition) is 2. The maximum Gasteiger partial charge on any atom is 0.471 e. The lowest BCUT2D eigenvalue weighted by molar-refractivity contribution is -0.173. The molecule has 0 aromatic heterocycles. The maximum absolute atomic E-state index is 11.7. The van der Waals surface area contributed by atoms with Gasteiger partial charge in [-0.25, -0.2) is 4.79 Å². The maximum atomic E-state index is 11.7. The summed E-state index contributed by atoms with van der Waals surface area (Å²) in [6.07, 6.45) is -5.64. The van der Waals surface area contributed by atoms with E-state index in [1.54, 1.807) is 5.32 Å². The summed E-state index contributed by atoms with van der Waals surface area (Å²) in [6.45, 7) is -0.00741. The standard InChI is InChI=1S/C7H9F3N2O3/c8-7(9,10)5(13)11-3-4-1-2-12(4)6(14)15/h4H,1-3H2,(H,11,13)(H,14,15). The van der Waals surface area contributed by atoms with Crippen molar-refractivity contribution in [2.45, 2.75) is 18.6 Å². The molecular formula is C7H9F3N2O3. The van der Waals surface area contributed by atoms with Crippen molar-refractivity contribution in [2.75, 3.05) is 13.1 Å². The number of carbonyl (C=O) groups is 2. The Morgan fingerprint density at radius 1 is 1.47 bits per heavy atom. The van der Waals surface area contributed by atoms with E-state index in [2.05, 4.69) is 0 Å². The first-order valence-corrected chi connectivity index (χ1v) is 4.17. The highest BCUT2D eigenvalue weighted by atomic mass is 19.4. The minimum atomic E-state index is -4.92. The van der Waals surface area contributed by atoms with E-state index in [-0.39, 0.29) is 6.54 Å². The Morgan fingerprint density at radius 2 is 2.07 bits per heavy atom. The minimum absolute atomic E-state index is 0.294. The van der Waals surface area contributed by atoms with E-state index in [9.17, 15) is 22.8 Å². The molecule has 1 saturated heterocycles. The number of carbonyl (C=O) groups excluding carboxylic acids is 1. The summed E-state index contributed by atoms with van der Waals surface area (Å²) in [5, 5.41) is 10.2. The normalized spacial score (nSPS) is 20.7. The van der Waals surface area contributed by atoms with Crippen LogP contribution in [0.3, 0.4) is 0 Å². The van der Waals surface area contributed by atoms with Crippen LogP contribution in [0.1, 0.15) is 6.42 Å². The van der Waals surface area contributed by atoms with Gasteiger partial charge in [-0.15, -0.1) is 0 Å². The number of nitrogens with zero attached hydrogens (tertiary/aromatic N) is 1. The van der Waals surface area contributed by atoms with Crippen molar-refractivity contribution in [3.05, 3.63) is 0 Å². The number of carboxylic acid groups (broad SMARTS) is 1. The van der Waals surface area contributed by atoms with E-state index in [0.29, 0.717) is 13.0 Å². The Labute approximate surface area is 82.8 Å². The van der Waals surface area contributed by atoms with Crippen molar-refractivity contribution in [3.63, 3.8) is 0 Å². The second-order valence-corrected chi connectivity index (χ2v) is 3.13. The fourth-order valence-corrected chi connectivity index (χ4v) is 1.22. The third-order valence-corrected chi connectivity index (χ3v) is 2.15. The van der Waals surface area contributed by atoms with Crippen LogP contribution in [-0.2, 0) is 4.79 Å². The smallest absolute Gasteiger partial charge is 0.465 e. The molecule has 8 heteroatoms. The summed E-state index contributed by atoms with van der Waals surface area (Å²) in [6, 6.07) is -0.547. The van der Waals surface area contributed by atoms with Gasteiger partial charge in [-0.1, -0.05) is 0 Å². The SMILES string of the molecule is O=C(O)N1CCC1CNC(=O)C(F)(F)F. The van der Waals surface area contributed by atoms with Gasteiger partial charge in [0.05, 0.1) is 6.04 Å². The summed E-state index contributed by atoms with van der Waals surface area (Å²) in [4.78, 5) is 21.8. The molecule has 0 radical (unpaired) electrons. The highest BCUT2D eigenvalue weighted by Gasteiger charge is 2.40. The van der Waals surface area contributed by atoms with Crippen LogP contribution in [-0.4, -0.2) is 47.3 Å². The van der Waals surface area contributed by atoms with Gasteiger partial charge in [0, 0.05) is 13.1 Å². The number of halogens is 3. The number of rotatable bonds is 2. The van der Waals surface area contributed by atoms with Gasteiger partial charge in [0.25, 0.3) is 0 Å². The van der Waals surface area contributed by atoms with Crippen LogP contribution in [0.5, 0.6) is 0 Å². The zero-order valence-electron chi connectivity index (χ0n) is 7.54. The van der Waals surface area contributed by atoms with Crippen LogP contribution >= 0.6 is 0 Å². The molecule has 1 unspecified atom stereocenters. The molecule has 0 aromatic rings. The molecule has 1 aliphatic rings. The lowest BCUT2D eigenvalue weighted by atomic mass is 10.0. The van der Waals surface area contributed by atoms with E-state index in [0.717, 1.165) is 4.90 Å². The number of amides is 2. The molecule has 1 rings (SSSR count). The van der Waals surface area contributed by atoms with Gasteiger partial charge in [0.1, 0.15) is 0 Å². The topological polar surface area (TPSA) is 69.6 Å². The van der Waals surface area contributed by atoms with Gasteiger partial charge in [0.2, 0.25) is 0 Å². The van der Waals surface area contributed by atoms with E-state index in [1.807, 2.05) is 0 Å². The van der Waals surface area contributed by atoms with Gasteiger partial charge < -0.3 is 15.3 Å². The van der Waals surface area contributed by atoms with Gasteiger partial charge in [-0.3, -0.25) is 4.79 Å². The summed E-state index contributed by atoms with van der Waals surface area (Å²) >= 11 is 0. The van der Waals surface area contributed by atoms with Crippen LogP contribution < -0.4 is 5.32 Å². The Balaban J connectivity index is 2.33. The van der Waals surface area contributed by atoms with E-state index in [4.69, 9.17) is 5.11 Å². The van der Waals surface area contributed by atoms with Crippen molar-refractivity contribution in [1.82, 2.24) is 10.2 Å². The fraction of sp³-hybridized carbons (Fsp3) is 0.714. The van der Waals surface area contributed by atoms with Gasteiger partial charge in [-0.05, 0) is 6.42 Å². The third kappa shape index (κ3) is 2.74. The largest absolute Gasteiger partial charge is 0.471 e. The summed E-state index contributed by atoms with van der Waals surface area (Å²) in [5.41, 5.74) is 0. The zero-order chi connectivity index (χ0) is 11.6.